The second-order valence-corrected chi connectivity index (χ2v) is 7.57. The third-order valence-corrected chi connectivity index (χ3v) is 6.18. The highest BCUT2D eigenvalue weighted by molar-refractivity contribution is 6.15. The predicted molar refractivity (Wildman–Crippen MR) is 113 cm³/mol. The minimum atomic E-state index is 0.249. The number of aromatic nitrogens is 3. The molecule has 0 atom stereocenters. The SMILES string of the molecule is CCN(CC)CCn1c2ccc(-c3ncno3)cc2c2c3c(ccc21)C(=O)CC3. The van der Waals surface area contributed by atoms with E-state index in [9.17, 15) is 4.79 Å². The number of likely N-dealkylation sites (N-methyl/N-ethyl adjacent to an activating group) is 1. The molecule has 2 heterocycles. The molecule has 6 heteroatoms. The monoisotopic (exact) mass is 388 g/mol. The summed E-state index contributed by atoms with van der Waals surface area (Å²) in [4.78, 5) is 19.0. The van der Waals surface area contributed by atoms with Crippen LogP contribution in [0, 0.1) is 0 Å². The van der Waals surface area contributed by atoms with Crippen LogP contribution in [0.15, 0.2) is 41.2 Å². The molecule has 0 unspecified atom stereocenters. The molecule has 0 radical (unpaired) electrons. The molecule has 0 N–H and O–H groups in total. The molecule has 29 heavy (non-hydrogen) atoms. The van der Waals surface area contributed by atoms with Crippen LogP contribution < -0.4 is 0 Å². The molecule has 0 fully saturated rings. The molecule has 4 aromatic rings. The summed E-state index contributed by atoms with van der Waals surface area (Å²) in [5.74, 6) is 0.763. The van der Waals surface area contributed by atoms with Crippen LogP contribution in [0.4, 0.5) is 0 Å². The molecule has 0 saturated heterocycles. The van der Waals surface area contributed by atoms with Gasteiger partial charge in [0.1, 0.15) is 0 Å². The van der Waals surface area contributed by atoms with Gasteiger partial charge in [-0.1, -0.05) is 19.0 Å². The van der Waals surface area contributed by atoms with Crippen molar-refractivity contribution >= 4 is 27.6 Å². The standard InChI is InChI=1S/C23H24N4O2/c1-3-26(4-2)11-12-27-19-8-5-15(23-24-14-25-29-23)13-18(19)22-17-7-10-21(28)16(17)6-9-20(22)27/h5-6,8-9,13-14H,3-4,7,10-12H2,1-2H3. The van der Waals surface area contributed by atoms with Crippen LogP contribution in [0.2, 0.25) is 0 Å². The fourth-order valence-electron chi connectivity index (χ4n) is 4.61. The minimum Gasteiger partial charge on any atom is -0.339 e. The first kappa shape index (κ1) is 18.1. The lowest BCUT2D eigenvalue weighted by atomic mass is 10.0. The summed E-state index contributed by atoms with van der Waals surface area (Å²) < 4.78 is 7.67. The lowest BCUT2D eigenvalue weighted by molar-refractivity contribution is 0.0994. The number of carbonyl (C=O) groups is 1. The van der Waals surface area contributed by atoms with Crippen molar-refractivity contribution in [2.24, 2.45) is 0 Å². The topological polar surface area (TPSA) is 64.2 Å². The first-order valence-electron chi connectivity index (χ1n) is 10.3. The Morgan fingerprint density at radius 3 is 2.69 bits per heavy atom. The minimum absolute atomic E-state index is 0.249. The highest BCUT2D eigenvalue weighted by Crippen LogP contribution is 2.38. The number of ketones is 1. The van der Waals surface area contributed by atoms with Gasteiger partial charge in [0.2, 0.25) is 0 Å². The number of nitrogens with zero attached hydrogens (tertiary/aromatic N) is 4. The Labute approximate surface area is 169 Å². The number of carbonyl (C=O) groups excluding carboxylic acids is 1. The third-order valence-electron chi connectivity index (χ3n) is 6.18. The number of hydrogen-bond donors (Lipinski definition) is 0. The molecule has 0 amide bonds. The van der Waals surface area contributed by atoms with Gasteiger partial charge in [-0.3, -0.25) is 4.79 Å². The smallest absolute Gasteiger partial charge is 0.257 e. The Bertz CT molecular complexity index is 1200. The molecule has 0 saturated carbocycles. The Kier molecular flexibility index (Phi) is 4.43. The van der Waals surface area contributed by atoms with Gasteiger partial charge in [-0.2, -0.15) is 4.98 Å². The van der Waals surface area contributed by atoms with Gasteiger partial charge in [-0.25, -0.2) is 0 Å². The van der Waals surface area contributed by atoms with E-state index in [2.05, 4.69) is 51.7 Å². The summed E-state index contributed by atoms with van der Waals surface area (Å²) in [6.45, 7) is 8.38. The summed E-state index contributed by atoms with van der Waals surface area (Å²) in [7, 11) is 0. The molecule has 1 aliphatic carbocycles. The Balaban J connectivity index is 1.74. The lowest BCUT2D eigenvalue weighted by Gasteiger charge is -2.19. The van der Waals surface area contributed by atoms with E-state index in [1.807, 2.05) is 12.1 Å². The maximum absolute atomic E-state index is 12.4. The summed E-state index contributed by atoms with van der Waals surface area (Å²) in [6, 6.07) is 10.4. The largest absolute Gasteiger partial charge is 0.339 e. The van der Waals surface area contributed by atoms with Crippen molar-refractivity contribution in [3.8, 4) is 11.5 Å². The van der Waals surface area contributed by atoms with Gasteiger partial charge in [0.25, 0.3) is 5.89 Å². The molecule has 2 aromatic heterocycles. The Hall–Kier alpha value is -2.99. The van der Waals surface area contributed by atoms with E-state index in [1.54, 1.807) is 0 Å². The van der Waals surface area contributed by atoms with E-state index >= 15 is 0 Å². The van der Waals surface area contributed by atoms with Crippen LogP contribution in [0.25, 0.3) is 33.3 Å². The zero-order valence-corrected chi connectivity index (χ0v) is 16.8. The van der Waals surface area contributed by atoms with Gasteiger partial charge in [0.15, 0.2) is 12.1 Å². The van der Waals surface area contributed by atoms with E-state index in [4.69, 9.17) is 4.52 Å². The van der Waals surface area contributed by atoms with Crippen LogP contribution in [0.1, 0.15) is 36.2 Å². The summed E-state index contributed by atoms with van der Waals surface area (Å²) in [5.41, 5.74) is 5.34. The van der Waals surface area contributed by atoms with Crippen LogP contribution in [-0.2, 0) is 13.0 Å². The summed E-state index contributed by atoms with van der Waals surface area (Å²) >= 11 is 0. The molecule has 5 rings (SSSR count). The highest BCUT2D eigenvalue weighted by atomic mass is 16.5. The van der Waals surface area contributed by atoms with E-state index in [1.165, 1.54) is 28.3 Å². The van der Waals surface area contributed by atoms with Crippen LogP contribution in [-0.4, -0.2) is 45.0 Å². The van der Waals surface area contributed by atoms with E-state index in [0.29, 0.717) is 12.3 Å². The van der Waals surface area contributed by atoms with E-state index in [0.717, 1.165) is 49.1 Å². The lowest BCUT2D eigenvalue weighted by Crippen LogP contribution is -2.26. The third kappa shape index (κ3) is 2.86. The molecule has 1 aliphatic rings. The normalized spacial score (nSPS) is 13.8. The van der Waals surface area contributed by atoms with Crippen LogP contribution in [0.5, 0.6) is 0 Å². The zero-order valence-electron chi connectivity index (χ0n) is 16.8. The van der Waals surface area contributed by atoms with Gasteiger partial charge in [-0.05, 0) is 55.4 Å². The Morgan fingerprint density at radius 1 is 1.10 bits per heavy atom. The number of aryl methyl sites for hydroxylation is 1. The summed E-state index contributed by atoms with van der Waals surface area (Å²) in [5, 5.41) is 6.09. The average molecular weight is 388 g/mol. The molecule has 148 valence electrons. The highest BCUT2D eigenvalue weighted by Gasteiger charge is 2.25. The molecule has 6 nitrogen and oxygen atoms in total. The van der Waals surface area contributed by atoms with Gasteiger partial charge in [0.05, 0.1) is 0 Å². The first-order chi connectivity index (χ1) is 14.2. The molecule has 0 aliphatic heterocycles. The maximum Gasteiger partial charge on any atom is 0.257 e. The first-order valence-corrected chi connectivity index (χ1v) is 10.3. The van der Waals surface area contributed by atoms with E-state index < -0.39 is 0 Å². The average Bonchev–Trinajstić information content (AvgIpc) is 3.47. The fraction of sp³-hybridized carbons (Fsp3) is 0.348. The zero-order chi connectivity index (χ0) is 20.0. The van der Waals surface area contributed by atoms with E-state index in [-0.39, 0.29) is 5.78 Å². The number of Topliss-reactive ketones (excluding diaryl/α,β-unsaturated/α-hetero) is 1. The van der Waals surface area contributed by atoms with Gasteiger partial charge >= 0.3 is 0 Å². The number of hydrogen-bond acceptors (Lipinski definition) is 5. The van der Waals surface area contributed by atoms with Gasteiger partial charge in [0, 0.05) is 52.4 Å². The molecule has 0 bridgehead atoms. The van der Waals surface area contributed by atoms with Gasteiger partial charge in [-0.15, -0.1) is 0 Å². The number of benzene rings is 2. The quantitative estimate of drug-likeness (QED) is 0.492. The molecular formula is C23H24N4O2. The van der Waals surface area contributed by atoms with Crippen LogP contribution in [0.3, 0.4) is 0 Å². The van der Waals surface area contributed by atoms with Gasteiger partial charge < -0.3 is 14.0 Å². The number of rotatable bonds is 6. The van der Waals surface area contributed by atoms with Crippen molar-refractivity contribution in [1.82, 2.24) is 19.6 Å². The second kappa shape index (κ2) is 7.12. The van der Waals surface area contributed by atoms with Crippen molar-refractivity contribution in [3.63, 3.8) is 0 Å². The molecule has 2 aromatic carbocycles. The second-order valence-electron chi connectivity index (χ2n) is 7.57. The van der Waals surface area contributed by atoms with Crippen molar-refractivity contribution in [3.05, 3.63) is 47.8 Å². The predicted octanol–water partition coefficient (Wildman–Crippen LogP) is 4.32. The Morgan fingerprint density at radius 2 is 1.93 bits per heavy atom. The number of fused-ring (bicyclic) bond motifs is 5. The summed E-state index contributed by atoms with van der Waals surface area (Å²) in [6.07, 6.45) is 2.83. The van der Waals surface area contributed by atoms with Crippen molar-refractivity contribution < 1.29 is 9.32 Å². The fourth-order valence-corrected chi connectivity index (χ4v) is 4.61. The maximum atomic E-state index is 12.4. The van der Waals surface area contributed by atoms with Crippen molar-refractivity contribution in [2.45, 2.75) is 33.2 Å². The van der Waals surface area contributed by atoms with Crippen molar-refractivity contribution in [1.29, 1.82) is 0 Å². The van der Waals surface area contributed by atoms with Crippen LogP contribution >= 0.6 is 0 Å². The molecule has 0 spiro atoms. The molecular weight excluding hydrogens is 364 g/mol. The van der Waals surface area contributed by atoms with Crippen molar-refractivity contribution in [2.75, 3.05) is 19.6 Å².